The average Bonchev–Trinajstić information content (AvgIpc) is 2.31. The van der Waals surface area contributed by atoms with Crippen LogP contribution in [-0.2, 0) is 13.0 Å². The summed E-state index contributed by atoms with van der Waals surface area (Å²) in [6, 6.07) is 9.87. The Labute approximate surface area is 109 Å². The standard InChI is InChI=1S/C13H13BrN2O/c1-9-6-12(8-17)16-13(15-9)7-10-2-4-11(14)5-3-10/h2-6,17H,7-8H2,1H3. The minimum absolute atomic E-state index is 0.0449. The highest BCUT2D eigenvalue weighted by atomic mass is 79.9. The van der Waals surface area contributed by atoms with Gasteiger partial charge in [-0.25, -0.2) is 9.97 Å². The molecule has 1 heterocycles. The zero-order valence-corrected chi connectivity index (χ0v) is 11.1. The summed E-state index contributed by atoms with van der Waals surface area (Å²) >= 11 is 3.40. The second-order valence-corrected chi connectivity index (χ2v) is 4.79. The second kappa shape index (κ2) is 5.38. The van der Waals surface area contributed by atoms with Crippen LogP contribution >= 0.6 is 15.9 Å². The van der Waals surface area contributed by atoms with Crippen LogP contribution in [0.25, 0.3) is 0 Å². The number of aryl methyl sites for hydroxylation is 1. The lowest BCUT2D eigenvalue weighted by Crippen LogP contribution is -2.02. The molecule has 0 fully saturated rings. The predicted octanol–water partition coefficient (Wildman–Crippen LogP) is 2.63. The second-order valence-electron chi connectivity index (χ2n) is 3.88. The van der Waals surface area contributed by atoms with E-state index in [1.807, 2.05) is 31.2 Å². The Hall–Kier alpha value is -1.26. The first-order chi connectivity index (χ1) is 8.17. The van der Waals surface area contributed by atoms with Crippen molar-refractivity contribution in [1.82, 2.24) is 9.97 Å². The van der Waals surface area contributed by atoms with Crippen molar-refractivity contribution in [3.05, 3.63) is 57.6 Å². The fourth-order valence-corrected chi connectivity index (χ4v) is 1.91. The summed E-state index contributed by atoms with van der Waals surface area (Å²) in [5, 5.41) is 9.09. The van der Waals surface area contributed by atoms with Gasteiger partial charge < -0.3 is 5.11 Å². The Bertz CT molecular complexity index is 511. The molecular weight excluding hydrogens is 280 g/mol. The molecule has 2 rings (SSSR count). The number of nitrogens with zero attached hydrogens (tertiary/aromatic N) is 2. The third-order valence-corrected chi connectivity index (χ3v) is 2.92. The maximum absolute atomic E-state index is 9.09. The molecular formula is C13H13BrN2O. The van der Waals surface area contributed by atoms with Gasteiger partial charge in [0.15, 0.2) is 0 Å². The van der Waals surface area contributed by atoms with E-state index in [-0.39, 0.29) is 6.61 Å². The fourth-order valence-electron chi connectivity index (χ4n) is 1.64. The minimum Gasteiger partial charge on any atom is -0.390 e. The Morgan fingerprint density at radius 1 is 1.18 bits per heavy atom. The summed E-state index contributed by atoms with van der Waals surface area (Å²) in [6.45, 7) is 1.86. The van der Waals surface area contributed by atoms with Crippen LogP contribution in [0.3, 0.4) is 0 Å². The molecule has 2 aromatic rings. The van der Waals surface area contributed by atoms with Crippen molar-refractivity contribution in [3.8, 4) is 0 Å². The Morgan fingerprint density at radius 3 is 2.53 bits per heavy atom. The van der Waals surface area contributed by atoms with E-state index < -0.39 is 0 Å². The largest absolute Gasteiger partial charge is 0.390 e. The molecule has 0 aliphatic carbocycles. The maximum Gasteiger partial charge on any atom is 0.133 e. The zero-order valence-electron chi connectivity index (χ0n) is 9.52. The smallest absolute Gasteiger partial charge is 0.133 e. The molecule has 0 saturated carbocycles. The van der Waals surface area contributed by atoms with E-state index in [0.29, 0.717) is 12.1 Å². The van der Waals surface area contributed by atoms with E-state index in [0.717, 1.165) is 21.6 Å². The molecule has 4 heteroatoms. The van der Waals surface area contributed by atoms with Crippen LogP contribution in [0.1, 0.15) is 22.8 Å². The molecule has 0 unspecified atom stereocenters. The summed E-state index contributed by atoms with van der Waals surface area (Å²) in [7, 11) is 0. The topological polar surface area (TPSA) is 46.0 Å². The summed E-state index contributed by atoms with van der Waals surface area (Å²) in [5.74, 6) is 0.747. The van der Waals surface area contributed by atoms with Crippen LogP contribution in [-0.4, -0.2) is 15.1 Å². The molecule has 0 saturated heterocycles. The monoisotopic (exact) mass is 292 g/mol. The first kappa shape index (κ1) is 12.2. The van der Waals surface area contributed by atoms with E-state index in [1.54, 1.807) is 6.07 Å². The van der Waals surface area contributed by atoms with Crippen LogP contribution < -0.4 is 0 Å². The van der Waals surface area contributed by atoms with E-state index in [9.17, 15) is 0 Å². The van der Waals surface area contributed by atoms with Gasteiger partial charge in [-0.1, -0.05) is 28.1 Å². The highest BCUT2D eigenvalue weighted by Gasteiger charge is 2.03. The van der Waals surface area contributed by atoms with Gasteiger partial charge in [0.05, 0.1) is 12.3 Å². The lowest BCUT2D eigenvalue weighted by Gasteiger charge is -2.04. The number of halogens is 1. The maximum atomic E-state index is 9.09. The van der Waals surface area contributed by atoms with Crippen molar-refractivity contribution in [2.24, 2.45) is 0 Å². The number of hydrogen-bond acceptors (Lipinski definition) is 3. The van der Waals surface area contributed by atoms with Gasteiger partial charge in [0.2, 0.25) is 0 Å². The van der Waals surface area contributed by atoms with Gasteiger partial charge in [-0.05, 0) is 30.7 Å². The van der Waals surface area contributed by atoms with Gasteiger partial charge in [-0.15, -0.1) is 0 Å². The van der Waals surface area contributed by atoms with Crippen molar-refractivity contribution < 1.29 is 5.11 Å². The van der Waals surface area contributed by atoms with Gasteiger partial charge in [-0.2, -0.15) is 0 Å². The SMILES string of the molecule is Cc1cc(CO)nc(Cc2ccc(Br)cc2)n1. The molecule has 17 heavy (non-hydrogen) atoms. The Morgan fingerprint density at radius 2 is 1.88 bits per heavy atom. The molecule has 0 radical (unpaired) electrons. The van der Waals surface area contributed by atoms with Crippen molar-refractivity contribution in [1.29, 1.82) is 0 Å². The molecule has 3 nitrogen and oxygen atoms in total. The zero-order chi connectivity index (χ0) is 12.3. The van der Waals surface area contributed by atoms with Crippen molar-refractivity contribution >= 4 is 15.9 Å². The molecule has 0 amide bonds. The van der Waals surface area contributed by atoms with Gasteiger partial charge in [0.1, 0.15) is 5.82 Å². The number of aliphatic hydroxyl groups excluding tert-OH is 1. The van der Waals surface area contributed by atoms with Crippen molar-refractivity contribution in [2.45, 2.75) is 20.0 Å². The lowest BCUT2D eigenvalue weighted by molar-refractivity contribution is 0.276. The first-order valence-corrected chi connectivity index (χ1v) is 6.15. The average molecular weight is 293 g/mol. The van der Waals surface area contributed by atoms with Gasteiger partial charge in [0, 0.05) is 16.6 Å². The van der Waals surface area contributed by atoms with Crippen LogP contribution in [0.15, 0.2) is 34.8 Å². The van der Waals surface area contributed by atoms with E-state index >= 15 is 0 Å². The molecule has 1 N–H and O–H groups in total. The van der Waals surface area contributed by atoms with Gasteiger partial charge >= 0.3 is 0 Å². The molecule has 1 aromatic heterocycles. The molecule has 88 valence electrons. The highest BCUT2D eigenvalue weighted by molar-refractivity contribution is 9.10. The van der Waals surface area contributed by atoms with Gasteiger partial charge in [0.25, 0.3) is 0 Å². The Kier molecular flexibility index (Phi) is 3.86. The fraction of sp³-hybridized carbons (Fsp3) is 0.231. The number of rotatable bonds is 3. The molecule has 0 spiro atoms. The summed E-state index contributed by atoms with van der Waals surface area (Å²) < 4.78 is 1.06. The van der Waals surface area contributed by atoms with Crippen LogP contribution in [0.4, 0.5) is 0 Å². The van der Waals surface area contributed by atoms with Crippen LogP contribution in [0, 0.1) is 6.92 Å². The minimum atomic E-state index is -0.0449. The number of benzene rings is 1. The third-order valence-electron chi connectivity index (χ3n) is 2.39. The van der Waals surface area contributed by atoms with E-state index in [4.69, 9.17) is 5.11 Å². The predicted molar refractivity (Wildman–Crippen MR) is 69.6 cm³/mol. The van der Waals surface area contributed by atoms with Crippen molar-refractivity contribution in [2.75, 3.05) is 0 Å². The lowest BCUT2D eigenvalue weighted by atomic mass is 10.1. The molecule has 0 bridgehead atoms. The summed E-state index contributed by atoms with van der Waals surface area (Å²) in [5.41, 5.74) is 2.71. The number of aliphatic hydroxyl groups is 1. The first-order valence-electron chi connectivity index (χ1n) is 5.36. The molecule has 0 aliphatic rings. The van der Waals surface area contributed by atoms with Crippen molar-refractivity contribution in [3.63, 3.8) is 0 Å². The van der Waals surface area contributed by atoms with E-state index in [2.05, 4.69) is 25.9 Å². The van der Waals surface area contributed by atoms with E-state index in [1.165, 1.54) is 0 Å². The van der Waals surface area contributed by atoms with Gasteiger partial charge in [-0.3, -0.25) is 0 Å². The summed E-state index contributed by atoms with van der Waals surface area (Å²) in [4.78, 5) is 8.66. The van der Waals surface area contributed by atoms with Crippen LogP contribution in [0.2, 0.25) is 0 Å². The molecule has 1 aromatic carbocycles. The quantitative estimate of drug-likeness (QED) is 0.946. The molecule has 0 aliphatic heterocycles. The normalized spacial score (nSPS) is 10.5. The molecule has 0 atom stereocenters. The van der Waals surface area contributed by atoms with Crippen LogP contribution in [0.5, 0.6) is 0 Å². The highest BCUT2D eigenvalue weighted by Crippen LogP contribution is 2.13. The third kappa shape index (κ3) is 3.35. The number of aromatic nitrogens is 2. The number of hydrogen-bond donors (Lipinski definition) is 1. The Balaban J connectivity index is 2.23. The summed E-state index contributed by atoms with van der Waals surface area (Å²) in [6.07, 6.45) is 0.682.